The van der Waals surface area contributed by atoms with Crippen LogP contribution < -0.4 is 20.5 Å². The molecule has 0 aliphatic carbocycles. The van der Waals surface area contributed by atoms with Crippen LogP contribution in [0.4, 0.5) is 5.95 Å². The molecule has 128 valence electrons. The fourth-order valence-electron chi connectivity index (χ4n) is 2.52. The first-order chi connectivity index (χ1) is 12.1. The number of primary amides is 1. The second-order valence-corrected chi connectivity index (χ2v) is 5.35. The van der Waals surface area contributed by atoms with E-state index in [-0.39, 0.29) is 0 Å². The summed E-state index contributed by atoms with van der Waals surface area (Å²) in [5, 5.41) is 3.77. The summed E-state index contributed by atoms with van der Waals surface area (Å²) in [6.45, 7) is 0. The number of carbonyl (C=O) groups is 1. The molecule has 0 saturated carbocycles. The molecule has 1 amide bonds. The third-order valence-electron chi connectivity index (χ3n) is 3.78. The number of anilines is 1. The van der Waals surface area contributed by atoms with E-state index < -0.39 is 11.9 Å². The highest BCUT2D eigenvalue weighted by Crippen LogP contribution is 2.31. The largest absolute Gasteiger partial charge is 0.493 e. The lowest BCUT2D eigenvalue weighted by molar-refractivity contribution is -0.118. The molecular weight excluding hydrogens is 320 g/mol. The lowest BCUT2D eigenvalue weighted by atomic mass is 10.1. The van der Waals surface area contributed by atoms with E-state index in [1.807, 2.05) is 30.3 Å². The Balaban J connectivity index is 1.96. The molecule has 0 radical (unpaired) electrons. The average molecular weight is 338 g/mol. The van der Waals surface area contributed by atoms with Gasteiger partial charge >= 0.3 is 0 Å². The van der Waals surface area contributed by atoms with Gasteiger partial charge in [-0.05, 0) is 11.6 Å². The average Bonchev–Trinajstić information content (AvgIpc) is 2.65. The number of nitrogens with one attached hydrogen (secondary N) is 1. The molecule has 3 rings (SSSR count). The number of ether oxygens (including phenoxy) is 2. The highest BCUT2D eigenvalue weighted by molar-refractivity contribution is 5.85. The summed E-state index contributed by atoms with van der Waals surface area (Å²) in [6, 6.07) is 12.0. The van der Waals surface area contributed by atoms with E-state index in [0.717, 1.165) is 10.9 Å². The molecule has 1 unspecified atom stereocenters. The molecule has 25 heavy (non-hydrogen) atoms. The molecule has 0 spiro atoms. The van der Waals surface area contributed by atoms with E-state index in [0.29, 0.717) is 23.0 Å². The lowest BCUT2D eigenvalue weighted by Gasteiger charge is -2.16. The Morgan fingerprint density at radius 3 is 2.44 bits per heavy atom. The maximum Gasteiger partial charge on any atom is 0.244 e. The number of rotatable bonds is 6. The Labute approximate surface area is 144 Å². The van der Waals surface area contributed by atoms with Crippen molar-refractivity contribution in [3.8, 4) is 11.5 Å². The molecule has 0 aliphatic heterocycles. The lowest BCUT2D eigenvalue weighted by Crippen LogP contribution is -2.28. The number of amides is 1. The van der Waals surface area contributed by atoms with Crippen LogP contribution >= 0.6 is 0 Å². The number of fused-ring (bicyclic) bond motifs is 1. The third kappa shape index (κ3) is 3.45. The van der Waals surface area contributed by atoms with E-state index in [2.05, 4.69) is 15.3 Å². The summed E-state index contributed by atoms with van der Waals surface area (Å²) < 4.78 is 10.6. The number of nitrogens with zero attached hydrogens (tertiary/aromatic N) is 2. The van der Waals surface area contributed by atoms with Gasteiger partial charge in [0.05, 0.1) is 19.7 Å². The molecule has 1 aromatic heterocycles. The standard InChI is InChI=1S/C18H18N4O3/c1-24-14-8-12-10-20-18(21-13(12)9-15(14)25-2)22-16(17(19)23)11-6-4-3-5-7-11/h3-10,16H,1-2H3,(H2,19,23)(H,20,21,22). The van der Waals surface area contributed by atoms with E-state index in [1.54, 1.807) is 32.5 Å². The van der Waals surface area contributed by atoms with E-state index in [4.69, 9.17) is 15.2 Å². The van der Waals surface area contributed by atoms with Crippen molar-refractivity contribution < 1.29 is 14.3 Å². The van der Waals surface area contributed by atoms with Gasteiger partial charge < -0.3 is 20.5 Å². The number of nitrogens with two attached hydrogens (primary N) is 1. The van der Waals surface area contributed by atoms with Crippen molar-refractivity contribution in [3.63, 3.8) is 0 Å². The molecule has 3 N–H and O–H groups in total. The molecule has 0 aliphatic rings. The van der Waals surface area contributed by atoms with Gasteiger partial charge in [-0.1, -0.05) is 30.3 Å². The van der Waals surface area contributed by atoms with Gasteiger partial charge in [-0.2, -0.15) is 0 Å². The predicted octanol–water partition coefficient (Wildman–Crippen LogP) is 2.29. The Bertz CT molecular complexity index is 899. The Morgan fingerprint density at radius 1 is 1.12 bits per heavy atom. The maximum atomic E-state index is 11.8. The summed E-state index contributed by atoms with van der Waals surface area (Å²) >= 11 is 0. The Kier molecular flexibility index (Phi) is 4.65. The van der Waals surface area contributed by atoms with Crippen molar-refractivity contribution in [1.82, 2.24) is 9.97 Å². The van der Waals surface area contributed by atoms with Crippen LogP contribution in [-0.2, 0) is 4.79 Å². The summed E-state index contributed by atoms with van der Waals surface area (Å²) in [4.78, 5) is 20.5. The molecule has 1 heterocycles. The summed E-state index contributed by atoms with van der Waals surface area (Å²) in [7, 11) is 3.13. The smallest absolute Gasteiger partial charge is 0.244 e. The Morgan fingerprint density at radius 2 is 1.80 bits per heavy atom. The molecular formula is C18H18N4O3. The van der Waals surface area contributed by atoms with Crippen LogP contribution in [-0.4, -0.2) is 30.1 Å². The zero-order chi connectivity index (χ0) is 17.8. The van der Waals surface area contributed by atoms with Crippen LogP contribution in [0, 0.1) is 0 Å². The molecule has 0 saturated heterocycles. The molecule has 1 atom stereocenters. The van der Waals surface area contributed by atoms with Crippen molar-refractivity contribution >= 4 is 22.8 Å². The minimum Gasteiger partial charge on any atom is -0.493 e. The van der Waals surface area contributed by atoms with Crippen LogP contribution in [0.15, 0.2) is 48.7 Å². The van der Waals surface area contributed by atoms with Crippen LogP contribution in [0.1, 0.15) is 11.6 Å². The number of benzene rings is 2. The number of carbonyl (C=O) groups excluding carboxylic acids is 1. The van der Waals surface area contributed by atoms with Crippen LogP contribution in [0.5, 0.6) is 11.5 Å². The van der Waals surface area contributed by atoms with Gasteiger partial charge in [-0.25, -0.2) is 9.97 Å². The first-order valence-corrected chi connectivity index (χ1v) is 7.62. The molecule has 2 aromatic carbocycles. The fraction of sp³-hybridized carbons (Fsp3) is 0.167. The second-order valence-electron chi connectivity index (χ2n) is 5.35. The third-order valence-corrected chi connectivity index (χ3v) is 3.78. The normalized spacial score (nSPS) is 11.8. The van der Waals surface area contributed by atoms with Gasteiger partial charge in [0.15, 0.2) is 11.5 Å². The number of aromatic nitrogens is 2. The molecule has 0 fully saturated rings. The van der Waals surface area contributed by atoms with Gasteiger partial charge in [0, 0.05) is 17.6 Å². The quantitative estimate of drug-likeness (QED) is 0.715. The Hall–Kier alpha value is -3.35. The highest BCUT2D eigenvalue weighted by atomic mass is 16.5. The van der Waals surface area contributed by atoms with E-state index in [1.165, 1.54) is 0 Å². The first-order valence-electron chi connectivity index (χ1n) is 7.62. The van der Waals surface area contributed by atoms with Gasteiger partial charge in [0.2, 0.25) is 11.9 Å². The van der Waals surface area contributed by atoms with Gasteiger partial charge in [0.25, 0.3) is 0 Å². The number of hydrogen-bond donors (Lipinski definition) is 2. The van der Waals surface area contributed by atoms with Gasteiger partial charge in [-0.3, -0.25) is 4.79 Å². The zero-order valence-corrected chi connectivity index (χ0v) is 13.9. The summed E-state index contributed by atoms with van der Waals surface area (Å²) in [5.74, 6) is 0.947. The monoisotopic (exact) mass is 338 g/mol. The van der Waals surface area contributed by atoms with Gasteiger partial charge in [0.1, 0.15) is 6.04 Å². The fourth-order valence-corrected chi connectivity index (χ4v) is 2.52. The van der Waals surface area contributed by atoms with Crippen LogP contribution in [0.25, 0.3) is 10.9 Å². The van der Waals surface area contributed by atoms with Crippen LogP contribution in [0.2, 0.25) is 0 Å². The summed E-state index contributed by atoms with van der Waals surface area (Å²) in [5.41, 5.74) is 6.92. The molecule has 7 nitrogen and oxygen atoms in total. The SMILES string of the molecule is COc1cc2cnc(NC(C(N)=O)c3ccccc3)nc2cc1OC. The molecule has 7 heteroatoms. The van der Waals surface area contributed by atoms with Crippen molar-refractivity contribution in [3.05, 3.63) is 54.2 Å². The van der Waals surface area contributed by atoms with Crippen molar-refractivity contribution in [1.29, 1.82) is 0 Å². The van der Waals surface area contributed by atoms with E-state index in [9.17, 15) is 4.79 Å². The van der Waals surface area contributed by atoms with Crippen LogP contribution in [0.3, 0.4) is 0 Å². The minimum atomic E-state index is -0.723. The second kappa shape index (κ2) is 7.04. The van der Waals surface area contributed by atoms with Gasteiger partial charge in [-0.15, -0.1) is 0 Å². The minimum absolute atomic E-state index is 0.298. The first kappa shape index (κ1) is 16.5. The highest BCUT2D eigenvalue weighted by Gasteiger charge is 2.19. The van der Waals surface area contributed by atoms with Crippen molar-refractivity contribution in [2.45, 2.75) is 6.04 Å². The van der Waals surface area contributed by atoms with E-state index >= 15 is 0 Å². The van der Waals surface area contributed by atoms with Crippen molar-refractivity contribution in [2.75, 3.05) is 19.5 Å². The number of methoxy groups -OCH3 is 2. The topological polar surface area (TPSA) is 99.4 Å². The summed E-state index contributed by atoms with van der Waals surface area (Å²) in [6.07, 6.45) is 1.65. The maximum absolute atomic E-state index is 11.8. The number of hydrogen-bond acceptors (Lipinski definition) is 6. The molecule has 3 aromatic rings. The molecule has 0 bridgehead atoms. The van der Waals surface area contributed by atoms with Crippen molar-refractivity contribution in [2.24, 2.45) is 5.73 Å². The zero-order valence-electron chi connectivity index (χ0n) is 13.9. The predicted molar refractivity (Wildman–Crippen MR) is 94.6 cm³/mol.